The molecule has 0 spiro atoms. The van der Waals surface area contributed by atoms with Crippen molar-refractivity contribution in [3.05, 3.63) is 0 Å². The Morgan fingerprint density at radius 3 is 2.93 bits per heavy atom. The molecule has 5 heteroatoms. The molecule has 1 fully saturated rings. The minimum Gasteiger partial charge on any atom is -0.481 e. The molecule has 5 nitrogen and oxygen atoms in total. The first-order valence-corrected chi connectivity index (χ1v) is 5.41. The van der Waals surface area contributed by atoms with Gasteiger partial charge in [-0.25, -0.2) is 4.79 Å². The Morgan fingerprint density at radius 2 is 2.40 bits per heavy atom. The predicted molar refractivity (Wildman–Crippen MR) is 55.7 cm³/mol. The Balaban J connectivity index is 2.59. The average Bonchev–Trinajstić information content (AvgIpc) is 2.17. The molecule has 0 radical (unpaired) electrons. The van der Waals surface area contributed by atoms with E-state index in [1.807, 2.05) is 6.92 Å². The minimum atomic E-state index is -0.841. The minimum absolute atomic E-state index is 0.0429. The molecule has 0 aromatic carbocycles. The van der Waals surface area contributed by atoms with Crippen molar-refractivity contribution in [2.45, 2.75) is 38.6 Å². The monoisotopic (exact) mass is 214 g/mol. The van der Waals surface area contributed by atoms with Crippen LogP contribution in [0.4, 0.5) is 4.79 Å². The van der Waals surface area contributed by atoms with Crippen molar-refractivity contribution >= 4 is 12.0 Å². The van der Waals surface area contributed by atoms with Crippen molar-refractivity contribution in [3.63, 3.8) is 0 Å². The molecule has 0 bridgehead atoms. The van der Waals surface area contributed by atoms with Gasteiger partial charge in [0.25, 0.3) is 0 Å². The van der Waals surface area contributed by atoms with Crippen LogP contribution in [0.25, 0.3) is 0 Å². The third-order valence-corrected chi connectivity index (χ3v) is 2.59. The number of amides is 2. The van der Waals surface area contributed by atoms with Gasteiger partial charge in [-0.15, -0.1) is 0 Å². The zero-order valence-electron chi connectivity index (χ0n) is 9.03. The average molecular weight is 214 g/mol. The van der Waals surface area contributed by atoms with Crippen LogP contribution in [-0.2, 0) is 4.79 Å². The summed E-state index contributed by atoms with van der Waals surface area (Å²) in [6, 6.07) is -0.284. The highest BCUT2D eigenvalue weighted by Crippen LogP contribution is 2.14. The Hall–Kier alpha value is -1.26. The van der Waals surface area contributed by atoms with Crippen molar-refractivity contribution in [3.8, 4) is 0 Å². The van der Waals surface area contributed by atoms with Gasteiger partial charge in [0.05, 0.1) is 6.42 Å². The van der Waals surface area contributed by atoms with Crippen molar-refractivity contribution in [2.75, 3.05) is 13.1 Å². The van der Waals surface area contributed by atoms with E-state index in [-0.39, 0.29) is 18.5 Å². The number of carboxylic acid groups (broad SMARTS) is 1. The quantitative estimate of drug-likeness (QED) is 0.718. The Bertz CT molecular complexity index is 243. The second-order valence-corrected chi connectivity index (χ2v) is 3.82. The first-order valence-electron chi connectivity index (χ1n) is 5.41. The van der Waals surface area contributed by atoms with Crippen molar-refractivity contribution < 1.29 is 14.7 Å². The van der Waals surface area contributed by atoms with E-state index in [2.05, 4.69) is 5.32 Å². The lowest BCUT2D eigenvalue weighted by Gasteiger charge is -2.34. The topological polar surface area (TPSA) is 69.6 Å². The van der Waals surface area contributed by atoms with Gasteiger partial charge in [-0.2, -0.15) is 0 Å². The first-order chi connectivity index (χ1) is 7.15. The molecule has 0 aromatic heterocycles. The number of nitrogens with zero attached hydrogens (tertiary/aromatic N) is 1. The molecule has 0 aliphatic carbocycles. The van der Waals surface area contributed by atoms with Crippen LogP contribution < -0.4 is 5.32 Å². The maximum absolute atomic E-state index is 11.5. The van der Waals surface area contributed by atoms with Crippen LogP contribution in [0, 0.1) is 0 Å². The zero-order valence-corrected chi connectivity index (χ0v) is 9.03. The highest BCUT2D eigenvalue weighted by atomic mass is 16.4. The number of carbonyl (C=O) groups is 2. The van der Waals surface area contributed by atoms with Gasteiger partial charge in [-0.05, 0) is 12.8 Å². The third-order valence-electron chi connectivity index (χ3n) is 2.59. The van der Waals surface area contributed by atoms with E-state index in [1.54, 1.807) is 4.90 Å². The van der Waals surface area contributed by atoms with Gasteiger partial charge in [0.1, 0.15) is 0 Å². The lowest BCUT2D eigenvalue weighted by atomic mass is 10.1. The molecule has 15 heavy (non-hydrogen) atoms. The maximum atomic E-state index is 11.5. The molecule has 1 unspecified atom stereocenters. The number of hydrogen-bond donors (Lipinski definition) is 2. The molecule has 1 heterocycles. The Labute approximate surface area is 89.4 Å². The van der Waals surface area contributed by atoms with E-state index in [1.165, 1.54) is 0 Å². The number of urea groups is 1. The summed E-state index contributed by atoms with van der Waals surface area (Å²) in [5, 5.41) is 11.5. The van der Waals surface area contributed by atoms with E-state index < -0.39 is 5.97 Å². The highest BCUT2D eigenvalue weighted by molar-refractivity contribution is 5.76. The number of hydrogen-bond acceptors (Lipinski definition) is 2. The van der Waals surface area contributed by atoms with Crippen molar-refractivity contribution in [1.29, 1.82) is 0 Å². The van der Waals surface area contributed by atoms with Crippen LogP contribution in [0.15, 0.2) is 0 Å². The highest BCUT2D eigenvalue weighted by Gasteiger charge is 2.26. The van der Waals surface area contributed by atoms with E-state index in [0.29, 0.717) is 13.1 Å². The molecule has 1 aliphatic heterocycles. The maximum Gasteiger partial charge on any atom is 0.317 e. The third kappa shape index (κ3) is 3.42. The molecule has 86 valence electrons. The zero-order chi connectivity index (χ0) is 11.3. The van der Waals surface area contributed by atoms with Crippen LogP contribution in [0.2, 0.25) is 0 Å². The molecule has 1 aliphatic rings. The predicted octanol–water partition coefficient (Wildman–Crippen LogP) is 1.05. The molecule has 2 amide bonds. The van der Waals surface area contributed by atoms with Gasteiger partial charge < -0.3 is 15.3 Å². The van der Waals surface area contributed by atoms with Gasteiger partial charge >= 0.3 is 12.0 Å². The molecule has 2 N–H and O–H groups in total. The fraction of sp³-hybridized carbons (Fsp3) is 0.800. The molecular formula is C10H18N2O3. The van der Waals surface area contributed by atoms with Crippen LogP contribution >= 0.6 is 0 Å². The second-order valence-electron chi connectivity index (χ2n) is 3.82. The van der Waals surface area contributed by atoms with Gasteiger partial charge in [0, 0.05) is 19.1 Å². The van der Waals surface area contributed by atoms with Gasteiger partial charge in [-0.3, -0.25) is 4.79 Å². The van der Waals surface area contributed by atoms with Gasteiger partial charge in [0.15, 0.2) is 0 Å². The number of rotatable bonds is 5. The fourth-order valence-corrected chi connectivity index (χ4v) is 1.90. The SMILES string of the molecule is CCCC(CC(=O)O)N1CCCNC1=O. The summed E-state index contributed by atoms with van der Waals surface area (Å²) >= 11 is 0. The van der Waals surface area contributed by atoms with Crippen LogP contribution in [0.5, 0.6) is 0 Å². The van der Waals surface area contributed by atoms with Crippen LogP contribution in [0.1, 0.15) is 32.6 Å². The van der Waals surface area contributed by atoms with Gasteiger partial charge in [-0.1, -0.05) is 13.3 Å². The lowest BCUT2D eigenvalue weighted by Crippen LogP contribution is -2.51. The summed E-state index contributed by atoms with van der Waals surface area (Å²) in [5.41, 5.74) is 0. The Kier molecular flexibility index (Phi) is 4.39. The van der Waals surface area contributed by atoms with E-state index in [0.717, 1.165) is 19.3 Å². The number of carboxylic acids is 1. The summed E-state index contributed by atoms with van der Waals surface area (Å²) in [4.78, 5) is 23.8. The number of aliphatic carboxylic acids is 1. The summed E-state index contributed by atoms with van der Waals surface area (Å²) < 4.78 is 0. The van der Waals surface area contributed by atoms with E-state index >= 15 is 0 Å². The summed E-state index contributed by atoms with van der Waals surface area (Å²) in [6.07, 6.45) is 2.58. The molecule has 0 saturated carbocycles. The van der Waals surface area contributed by atoms with Crippen LogP contribution in [0.3, 0.4) is 0 Å². The smallest absolute Gasteiger partial charge is 0.317 e. The Morgan fingerprint density at radius 1 is 1.67 bits per heavy atom. The van der Waals surface area contributed by atoms with Crippen molar-refractivity contribution in [2.24, 2.45) is 0 Å². The van der Waals surface area contributed by atoms with E-state index in [9.17, 15) is 9.59 Å². The second kappa shape index (κ2) is 5.58. The molecule has 1 rings (SSSR count). The van der Waals surface area contributed by atoms with Crippen LogP contribution in [-0.4, -0.2) is 41.1 Å². The van der Waals surface area contributed by atoms with Crippen molar-refractivity contribution in [1.82, 2.24) is 10.2 Å². The standard InChI is InChI=1S/C10H18N2O3/c1-2-4-8(7-9(13)14)12-6-3-5-11-10(12)15/h8H,2-7H2,1H3,(H,11,15)(H,13,14). The molecular weight excluding hydrogens is 196 g/mol. The molecule has 1 atom stereocenters. The fourth-order valence-electron chi connectivity index (χ4n) is 1.90. The molecule has 1 saturated heterocycles. The first kappa shape index (κ1) is 11.8. The normalized spacial score (nSPS) is 18.5. The lowest BCUT2D eigenvalue weighted by molar-refractivity contribution is -0.138. The summed E-state index contributed by atoms with van der Waals surface area (Å²) in [7, 11) is 0. The number of carbonyl (C=O) groups excluding carboxylic acids is 1. The van der Waals surface area contributed by atoms with Gasteiger partial charge in [0.2, 0.25) is 0 Å². The largest absolute Gasteiger partial charge is 0.481 e. The summed E-state index contributed by atoms with van der Waals surface area (Å²) in [6.45, 7) is 3.36. The van der Waals surface area contributed by atoms with E-state index in [4.69, 9.17) is 5.11 Å². The summed E-state index contributed by atoms with van der Waals surface area (Å²) in [5.74, 6) is -0.841. The number of nitrogens with one attached hydrogen (secondary N) is 1. The molecule has 0 aromatic rings.